The fourth-order valence-corrected chi connectivity index (χ4v) is 5.67. The Morgan fingerprint density at radius 3 is 2.59 bits per heavy atom. The molecule has 2 atom stereocenters. The lowest BCUT2D eigenvalue weighted by Crippen LogP contribution is -2.51. The van der Waals surface area contributed by atoms with Crippen LogP contribution in [-0.2, 0) is 14.3 Å². The quantitative estimate of drug-likeness (QED) is 0.649. The highest BCUT2D eigenvalue weighted by molar-refractivity contribution is 7.10. The Hall–Kier alpha value is -2.91. The third kappa shape index (κ3) is 4.95. The summed E-state index contributed by atoms with van der Waals surface area (Å²) in [4.78, 5) is 43.7. The van der Waals surface area contributed by atoms with Crippen molar-refractivity contribution in [1.82, 2.24) is 15.1 Å². The number of fused-ring (bicyclic) bond motifs is 1. The van der Waals surface area contributed by atoms with Crippen molar-refractivity contribution in [2.75, 3.05) is 40.0 Å². The predicted molar refractivity (Wildman–Crippen MR) is 129 cm³/mol. The molecule has 0 bridgehead atoms. The molecule has 0 radical (unpaired) electrons. The van der Waals surface area contributed by atoms with Crippen LogP contribution in [0, 0.1) is 0 Å². The highest BCUT2D eigenvalue weighted by atomic mass is 32.1. The molecule has 1 N–H and O–H groups in total. The van der Waals surface area contributed by atoms with Gasteiger partial charge >= 0.3 is 6.09 Å². The van der Waals surface area contributed by atoms with Crippen LogP contribution >= 0.6 is 11.3 Å². The van der Waals surface area contributed by atoms with Crippen LogP contribution in [0.3, 0.4) is 0 Å². The number of carbonyl (C=O) groups is 3. The predicted octanol–water partition coefficient (Wildman–Crippen LogP) is 3.41. The van der Waals surface area contributed by atoms with Crippen LogP contribution in [0.2, 0.25) is 0 Å². The Morgan fingerprint density at radius 2 is 1.91 bits per heavy atom. The molecule has 1 aromatic heterocycles. The van der Waals surface area contributed by atoms with Gasteiger partial charge in [-0.25, -0.2) is 4.79 Å². The Labute approximate surface area is 203 Å². The normalized spacial score (nSPS) is 20.7. The maximum atomic E-state index is 13.8. The van der Waals surface area contributed by atoms with Crippen LogP contribution in [0.25, 0.3) is 0 Å². The van der Waals surface area contributed by atoms with E-state index in [2.05, 4.69) is 5.32 Å². The van der Waals surface area contributed by atoms with Gasteiger partial charge in [-0.2, -0.15) is 0 Å². The number of amides is 3. The second kappa shape index (κ2) is 11.0. The number of nitrogens with one attached hydrogen (secondary N) is 1. The molecule has 2 aromatic rings. The van der Waals surface area contributed by atoms with E-state index in [9.17, 15) is 14.4 Å². The topological polar surface area (TPSA) is 88.2 Å². The molecule has 0 unspecified atom stereocenters. The number of carbonyl (C=O) groups excluding carboxylic acids is 3. The second-order valence-corrected chi connectivity index (χ2v) is 9.46. The summed E-state index contributed by atoms with van der Waals surface area (Å²) >= 11 is 1.55. The van der Waals surface area contributed by atoms with E-state index in [4.69, 9.17) is 9.47 Å². The number of piperidine rings is 1. The number of rotatable bonds is 7. The zero-order valence-electron chi connectivity index (χ0n) is 19.6. The molecule has 2 aliphatic heterocycles. The third-order valence-corrected chi connectivity index (χ3v) is 7.40. The van der Waals surface area contributed by atoms with E-state index in [0.29, 0.717) is 51.3 Å². The lowest BCUT2D eigenvalue weighted by atomic mass is 9.81. The molecule has 3 amide bonds. The number of benzene rings is 1. The van der Waals surface area contributed by atoms with Gasteiger partial charge in [0.05, 0.1) is 25.2 Å². The highest BCUT2D eigenvalue weighted by Crippen LogP contribution is 2.44. The molecule has 0 aliphatic carbocycles. The minimum Gasteiger partial charge on any atom is -0.450 e. The molecule has 0 saturated carbocycles. The van der Waals surface area contributed by atoms with Crippen LogP contribution in [0.5, 0.6) is 0 Å². The van der Waals surface area contributed by atoms with Crippen LogP contribution in [0.1, 0.15) is 52.5 Å². The average molecular weight is 486 g/mol. The van der Waals surface area contributed by atoms with Crippen LogP contribution in [0.15, 0.2) is 41.8 Å². The SMILES string of the molecule is CCOC(=O)N1CCC(NC(=O)[C@@H]2c3ccccc3C(=O)N(CCOC)[C@@H]2c2cccs2)CC1. The number of ether oxygens (including phenoxy) is 2. The van der Waals surface area contributed by atoms with Crippen LogP contribution in [0.4, 0.5) is 4.79 Å². The molecule has 8 nitrogen and oxygen atoms in total. The molecule has 0 spiro atoms. The largest absolute Gasteiger partial charge is 0.450 e. The van der Waals surface area contributed by atoms with Gasteiger partial charge in [-0.3, -0.25) is 9.59 Å². The number of hydrogen-bond donors (Lipinski definition) is 1. The van der Waals surface area contributed by atoms with Crippen molar-refractivity contribution >= 4 is 29.2 Å². The fraction of sp³-hybridized carbons (Fsp3) is 0.480. The summed E-state index contributed by atoms with van der Waals surface area (Å²) < 4.78 is 10.4. The van der Waals surface area contributed by atoms with Crippen LogP contribution in [-0.4, -0.2) is 73.7 Å². The lowest BCUT2D eigenvalue weighted by Gasteiger charge is -2.42. The van der Waals surface area contributed by atoms with Crippen molar-refractivity contribution in [2.45, 2.75) is 37.8 Å². The minimum atomic E-state index is -0.535. The Bertz CT molecular complexity index is 1000. The molecule has 1 fully saturated rings. The van der Waals surface area contributed by atoms with Gasteiger partial charge in [0.25, 0.3) is 5.91 Å². The fourth-order valence-electron chi connectivity index (χ4n) is 4.80. The molecule has 182 valence electrons. The van der Waals surface area contributed by atoms with E-state index >= 15 is 0 Å². The summed E-state index contributed by atoms with van der Waals surface area (Å²) in [6.45, 7) is 4.00. The molecule has 3 heterocycles. The zero-order chi connectivity index (χ0) is 24.1. The zero-order valence-corrected chi connectivity index (χ0v) is 20.4. The maximum absolute atomic E-state index is 13.8. The van der Waals surface area contributed by atoms with E-state index in [1.54, 1.807) is 41.2 Å². The smallest absolute Gasteiger partial charge is 0.409 e. The Morgan fingerprint density at radius 1 is 1.15 bits per heavy atom. The van der Waals surface area contributed by atoms with Crippen molar-refractivity contribution in [3.63, 3.8) is 0 Å². The summed E-state index contributed by atoms with van der Waals surface area (Å²) in [5.41, 5.74) is 1.31. The van der Waals surface area contributed by atoms with E-state index < -0.39 is 12.0 Å². The summed E-state index contributed by atoms with van der Waals surface area (Å²) in [6, 6.07) is 10.9. The number of thiophene rings is 1. The molecule has 2 aliphatic rings. The van der Waals surface area contributed by atoms with E-state index in [0.717, 1.165) is 10.4 Å². The van der Waals surface area contributed by atoms with E-state index in [1.165, 1.54) is 0 Å². The molecule has 34 heavy (non-hydrogen) atoms. The van der Waals surface area contributed by atoms with Crippen molar-refractivity contribution in [3.8, 4) is 0 Å². The van der Waals surface area contributed by atoms with E-state index in [-0.39, 0.29) is 23.9 Å². The second-order valence-electron chi connectivity index (χ2n) is 8.49. The Balaban J connectivity index is 1.59. The maximum Gasteiger partial charge on any atom is 0.409 e. The standard InChI is InChI=1S/C25H31N3O5S/c1-3-33-25(31)27-12-10-17(11-13-27)26-23(29)21-18-7-4-5-8-19(18)24(30)28(14-15-32-2)22(21)20-9-6-16-34-20/h4-9,16-17,21-22H,3,10-15H2,1-2H3,(H,26,29)/t21-,22-/m1/s1. The first-order valence-corrected chi connectivity index (χ1v) is 12.6. The molecule has 4 rings (SSSR count). The molecule has 1 saturated heterocycles. The first kappa shape index (κ1) is 24.2. The molecular formula is C25H31N3O5S. The average Bonchev–Trinajstić information content (AvgIpc) is 3.38. The number of hydrogen-bond acceptors (Lipinski definition) is 6. The monoisotopic (exact) mass is 485 g/mol. The van der Waals surface area contributed by atoms with Crippen molar-refractivity contribution in [1.29, 1.82) is 0 Å². The van der Waals surface area contributed by atoms with Gasteiger partial charge in [-0.1, -0.05) is 24.3 Å². The van der Waals surface area contributed by atoms with Crippen LogP contribution < -0.4 is 5.32 Å². The van der Waals surface area contributed by atoms with Crippen molar-refractivity contribution < 1.29 is 23.9 Å². The molecular weight excluding hydrogens is 454 g/mol. The van der Waals surface area contributed by atoms with Gasteiger partial charge in [0.1, 0.15) is 0 Å². The van der Waals surface area contributed by atoms with Crippen molar-refractivity contribution in [3.05, 3.63) is 57.8 Å². The van der Waals surface area contributed by atoms with E-state index in [1.807, 2.05) is 35.7 Å². The first-order chi connectivity index (χ1) is 16.5. The summed E-state index contributed by atoms with van der Waals surface area (Å²) in [6.07, 6.45) is 1.02. The number of nitrogens with zero attached hydrogens (tertiary/aromatic N) is 2. The summed E-state index contributed by atoms with van der Waals surface area (Å²) in [7, 11) is 1.61. The minimum absolute atomic E-state index is 0.0422. The Kier molecular flexibility index (Phi) is 7.84. The van der Waals surface area contributed by atoms with Gasteiger partial charge in [-0.15, -0.1) is 11.3 Å². The molecule has 1 aromatic carbocycles. The van der Waals surface area contributed by atoms with Gasteiger partial charge in [0.2, 0.25) is 5.91 Å². The van der Waals surface area contributed by atoms with Gasteiger partial charge < -0.3 is 24.6 Å². The molecule has 9 heteroatoms. The third-order valence-electron chi connectivity index (χ3n) is 6.46. The highest BCUT2D eigenvalue weighted by Gasteiger charge is 2.45. The number of likely N-dealkylation sites (tertiary alicyclic amines) is 1. The van der Waals surface area contributed by atoms with Gasteiger partial charge in [0.15, 0.2) is 0 Å². The summed E-state index contributed by atoms with van der Waals surface area (Å²) in [5.74, 6) is -0.722. The van der Waals surface area contributed by atoms with Gasteiger partial charge in [0, 0.05) is 43.2 Å². The lowest BCUT2D eigenvalue weighted by molar-refractivity contribution is -0.125. The number of methoxy groups -OCH3 is 1. The first-order valence-electron chi connectivity index (χ1n) is 11.7. The van der Waals surface area contributed by atoms with Crippen molar-refractivity contribution in [2.24, 2.45) is 0 Å². The van der Waals surface area contributed by atoms with Gasteiger partial charge in [-0.05, 0) is 42.8 Å². The summed E-state index contributed by atoms with van der Waals surface area (Å²) in [5, 5.41) is 5.19.